The van der Waals surface area contributed by atoms with Crippen LogP contribution in [0.1, 0.15) is 25.1 Å². The van der Waals surface area contributed by atoms with Crippen molar-refractivity contribution < 1.29 is 17.6 Å². The van der Waals surface area contributed by atoms with Gasteiger partial charge in [-0.05, 0) is 30.5 Å². The first-order valence-corrected chi connectivity index (χ1v) is 7.98. The van der Waals surface area contributed by atoms with Gasteiger partial charge in [-0.1, -0.05) is 13.8 Å². The summed E-state index contributed by atoms with van der Waals surface area (Å²) < 4.78 is 47.4. The van der Waals surface area contributed by atoms with E-state index in [1.54, 1.807) is 6.20 Å². The van der Waals surface area contributed by atoms with Crippen molar-refractivity contribution in [3.63, 3.8) is 0 Å². The van der Waals surface area contributed by atoms with E-state index >= 15 is 0 Å². The van der Waals surface area contributed by atoms with Crippen LogP contribution in [0.5, 0.6) is 0 Å². The molecule has 0 saturated carbocycles. The minimum absolute atomic E-state index is 0.0204. The van der Waals surface area contributed by atoms with Crippen molar-refractivity contribution in [2.45, 2.75) is 26.4 Å². The summed E-state index contributed by atoms with van der Waals surface area (Å²) in [6.45, 7) is 3.87. The molecule has 0 saturated heterocycles. The first-order chi connectivity index (χ1) is 12.3. The Labute approximate surface area is 145 Å². The second-order valence-electron chi connectivity index (χ2n) is 6.43. The Morgan fingerprint density at radius 1 is 1.19 bits per heavy atom. The number of rotatable bonds is 3. The van der Waals surface area contributed by atoms with Crippen molar-refractivity contribution in [3.8, 4) is 11.6 Å². The van der Waals surface area contributed by atoms with Crippen molar-refractivity contribution in [1.82, 2.24) is 24.6 Å². The highest BCUT2D eigenvalue weighted by Gasteiger charge is 2.34. The van der Waals surface area contributed by atoms with E-state index in [1.807, 2.05) is 13.8 Å². The van der Waals surface area contributed by atoms with E-state index in [1.165, 1.54) is 16.5 Å². The Hall–Kier alpha value is -2.97. The van der Waals surface area contributed by atoms with Gasteiger partial charge in [-0.3, -0.25) is 4.40 Å². The Morgan fingerprint density at radius 3 is 2.65 bits per heavy atom. The molecule has 0 radical (unpaired) electrons. The molecule has 0 unspecified atom stereocenters. The first kappa shape index (κ1) is 16.5. The minimum atomic E-state index is -4.48. The topological polar surface area (TPSA) is 69.1 Å². The van der Waals surface area contributed by atoms with E-state index in [9.17, 15) is 13.2 Å². The number of halogens is 3. The zero-order valence-electron chi connectivity index (χ0n) is 13.9. The highest BCUT2D eigenvalue weighted by Crippen LogP contribution is 2.35. The molecular weight excluding hydrogens is 347 g/mol. The summed E-state index contributed by atoms with van der Waals surface area (Å²) >= 11 is 0. The lowest BCUT2D eigenvalue weighted by Crippen LogP contribution is -2.10. The third kappa shape index (κ3) is 2.79. The maximum Gasteiger partial charge on any atom is 0.417 e. The van der Waals surface area contributed by atoms with Crippen molar-refractivity contribution in [3.05, 3.63) is 42.0 Å². The number of alkyl halides is 3. The van der Waals surface area contributed by atoms with Crippen LogP contribution in [0.25, 0.3) is 28.3 Å². The Morgan fingerprint density at radius 2 is 2.00 bits per heavy atom. The van der Waals surface area contributed by atoms with E-state index in [0.29, 0.717) is 23.5 Å². The molecule has 0 fully saturated rings. The number of aromatic nitrogens is 5. The molecule has 4 rings (SSSR count). The smallest absolute Gasteiger partial charge is 0.417 e. The molecule has 6 nitrogen and oxygen atoms in total. The largest absolute Gasteiger partial charge is 0.422 e. The Bertz CT molecular complexity index is 1080. The van der Waals surface area contributed by atoms with Gasteiger partial charge in [0.2, 0.25) is 6.39 Å². The highest BCUT2D eigenvalue weighted by atomic mass is 19.4. The van der Waals surface area contributed by atoms with Crippen LogP contribution in [-0.4, -0.2) is 24.6 Å². The number of nitrogens with zero attached hydrogens (tertiary/aromatic N) is 5. The fourth-order valence-corrected chi connectivity index (χ4v) is 2.93. The molecule has 9 heteroatoms. The molecule has 4 aromatic heterocycles. The molecule has 0 aromatic carbocycles. The first-order valence-electron chi connectivity index (χ1n) is 7.98. The van der Waals surface area contributed by atoms with Gasteiger partial charge in [0.1, 0.15) is 17.0 Å². The predicted octanol–water partition coefficient (Wildman–Crippen LogP) is 4.15. The zero-order chi connectivity index (χ0) is 18.5. The molecule has 0 atom stereocenters. The Balaban J connectivity index is 2.02. The van der Waals surface area contributed by atoms with Crippen LogP contribution in [0.15, 0.2) is 35.2 Å². The lowest BCUT2D eigenvalue weighted by molar-refractivity contribution is -0.136. The second-order valence-corrected chi connectivity index (χ2v) is 6.43. The lowest BCUT2D eigenvalue weighted by Gasteiger charge is -2.14. The number of hydrogen-bond acceptors (Lipinski definition) is 5. The molecule has 0 spiro atoms. The summed E-state index contributed by atoms with van der Waals surface area (Å²) in [5.74, 6) is 0.369. The number of imidazole rings is 1. The monoisotopic (exact) mass is 361 g/mol. The fourth-order valence-electron chi connectivity index (χ4n) is 2.93. The van der Waals surface area contributed by atoms with Crippen LogP contribution in [0.3, 0.4) is 0 Å². The zero-order valence-corrected chi connectivity index (χ0v) is 13.9. The van der Waals surface area contributed by atoms with E-state index in [4.69, 9.17) is 4.42 Å². The highest BCUT2D eigenvalue weighted by molar-refractivity contribution is 5.83. The van der Waals surface area contributed by atoms with Gasteiger partial charge in [0, 0.05) is 17.3 Å². The lowest BCUT2D eigenvalue weighted by atomic mass is 10.0. The van der Waals surface area contributed by atoms with Gasteiger partial charge < -0.3 is 4.42 Å². The molecular formula is C17H14F3N5O. The molecule has 26 heavy (non-hydrogen) atoms. The van der Waals surface area contributed by atoms with Crippen LogP contribution >= 0.6 is 0 Å². The molecule has 0 bridgehead atoms. The summed E-state index contributed by atoms with van der Waals surface area (Å²) in [4.78, 5) is 8.80. The summed E-state index contributed by atoms with van der Waals surface area (Å²) in [6, 6.07) is 4.04. The standard InChI is InChI=1S/C17H14F3N5O/c1-9(2)5-10-6-12(17(18,19)20)11-3-4-14-23-13(16-24-21-8-26-16)7-25(14)15(11)22-10/h3-4,6-9H,5H2,1-2H3. The van der Waals surface area contributed by atoms with Crippen LogP contribution in [0.4, 0.5) is 13.2 Å². The van der Waals surface area contributed by atoms with Crippen molar-refractivity contribution >= 4 is 16.7 Å². The van der Waals surface area contributed by atoms with Crippen LogP contribution in [0, 0.1) is 5.92 Å². The minimum Gasteiger partial charge on any atom is -0.422 e. The van der Waals surface area contributed by atoms with E-state index in [-0.39, 0.29) is 22.8 Å². The van der Waals surface area contributed by atoms with Crippen LogP contribution in [0.2, 0.25) is 0 Å². The quantitative estimate of drug-likeness (QED) is 0.548. The van der Waals surface area contributed by atoms with E-state index in [0.717, 1.165) is 12.5 Å². The molecule has 0 aliphatic carbocycles. The maximum absolute atomic E-state index is 13.6. The van der Waals surface area contributed by atoms with Crippen LogP contribution < -0.4 is 0 Å². The average Bonchev–Trinajstić information content (AvgIpc) is 3.21. The van der Waals surface area contributed by atoms with Gasteiger partial charge in [0.15, 0.2) is 0 Å². The van der Waals surface area contributed by atoms with Gasteiger partial charge in [0.05, 0.1) is 5.56 Å². The SMILES string of the molecule is CC(C)Cc1cc(C(F)(F)F)c2ccc3nc(-c4nnco4)cn3c2n1. The van der Waals surface area contributed by atoms with Gasteiger partial charge in [-0.2, -0.15) is 13.2 Å². The number of hydrogen-bond donors (Lipinski definition) is 0. The van der Waals surface area contributed by atoms with E-state index < -0.39 is 11.7 Å². The normalized spacial score (nSPS) is 12.5. The van der Waals surface area contributed by atoms with Crippen LogP contribution in [-0.2, 0) is 12.6 Å². The molecule has 4 aromatic rings. The second kappa shape index (κ2) is 5.79. The Kier molecular flexibility index (Phi) is 3.67. The van der Waals surface area contributed by atoms with Gasteiger partial charge in [-0.25, -0.2) is 9.97 Å². The summed E-state index contributed by atoms with van der Waals surface area (Å²) in [5, 5.41) is 7.40. The summed E-state index contributed by atoms with van der Waals surface area (Å²) in [5.41, 5.74) is 0.715. The van der Waals surface area contributed by atoms with Gasteiger partial charge >= 0.3 is 6.18 Å². The van der Waals surface area contributed by atoms with Gasteiger partial charge in [0.25, 0.3) is 5.89 Å². The van der Waals surface area contributed by atoms with Crippen molar-refractivity contribution in [1.29, 1.82) is 0 Å². The molecule has 134 valence electrons. The molecule has 0 amide bonds. The molecule has 4 heterocycles. The third-order valence-electron chi connectivity index (χ3n) is 3.95. The summed E-state index contributed by atoms with van der Waals surface area (Å²) in [7, 11) is 0. The number of fused-ring (bicyclic) bond motifs is 3. The predicted molar refractivity (Wildman–Crippen MR) is 87.3 cm³/mol. The number of pyridine rings is 2. The molecule has 0 aliphatic heterocycles. The molecule has 0 aliphatic rings. The van der Waals surface area contributed by atoms with Crippen molar-refractivity contribution in [2.75, 3.05) is 0 Å². The average molecular weight is 361 g/mol. The van der Waals surface area contributed by atoms with E-state index in [2.05, 4.69) is 20.2 Å². The molecule has 0 N–H and O–H groups in total. The van der Waals surface area contributed by atoms with Gasteiger partial charge in [-0.15, -0.1) is 10.2 Å². The summed E-state index contributed by atoms with van der Waals surface area (Å²) in [6.07, 6.45) is -1.31. The van der Waals surface area contributed by atoms with Crippen molar-refractivity contribution in [2.24, 2.45) is 5.92 Å². The maximum atomic E-state index is 13.6. The third-order valence-corrected chi connectivity index (χ3v) is 3.95. The fraction of sp³-hybridized carbons (Fsp3) is 0.294.